The van der Waals surface area contributed by atoms with Crippen molar-refractivity contribution in [2.45, 2.75) is 39.9 Å². The van der Waals surface area contributed by atoms with Crippen LogP contribution in [0.5, 0.6) is 0 Å². The minimum Gasteiger partial charge on any atom is -0.477 e. The van der Waals surface area contributed by atoms with E-state index >= 15 is 0 Å². The SMILES string of the molecule is CC(C)CC(C)OCc1cccnc1C(=O)O. The number of nitrogens with zero attached hydrogens (tertiary/aromatic N) is 1. The van der Waals surface area contributed by atoms with E-state index in [1.54, 1.807) is 12.1 Å². The Morgan fingerprint density at radius 1 is 1.47 bits per heavy atom. The number of carboxylic acids is 1. The van der Waals surface area contributed by atoms with Gasteiger partial charge < -0.3 is 9.84 Å². The second-order valence-corrected chi connectivity index (χ2v) is 4.57. The van der Waals surface area contributed by atoms with E-state index in [2.05, 4.69) is 18.8 Å². The number of ether oxygens (including phenoxy) is 1. The predicted molar refractivity (Wildman–Crippen MR) is 64.9 cm³/mol. The van der Waals surface area contributed by atoms with Gasteiger partial charge in [0.05, 0.1) is 12.7 Å². The van der Waals surface area contributed by atoms with Crippen LogP contribution in [0.1, 0.15) is 43.2 Å². The molecule has 4 heteroatoms. The maximum Gasteiger partial charge on any atom is 0.354 e. The molecular weight excluding hydrogens is 218 g/mol. The van der Waals surface area contributed by atoms with Crippen molar-refractivity contribution in [1.82, 2.24) is 4.98 Å². The molecule has 1 unspecified atom stereocenters. The lowest BCUT2D eigenvalue weighted by atomic mass is 10.1. The van der Waals surface area contributed by atoms with Crippen molar-refractivity contribution in [3.8, 4) is 0 Å². The molecule has 1 aromatic rings. The minimum absolute atomic E-state index is 0.0734. The smallest absolute Gasteiger partial charge is 0.354 e. The summed E-state index contributed by atoms with van der Waals surface area (Å²) in [6.07, 6.45) is 2.56. The van der Waals surface area contributed by atoms with Gasteiger partial charge in [-0.1, -0.05) is 19.9 Å². The van der Waals surface area contributed by atoms with Crippen molar-refractivity contribution >= 4 is 5.97 Å². The van der Waals surface area contributed by atoms with Crippen molar-refractivity contribution in [1.29, 1.82) is 0 Å². The Morgan fingerprint density at radius 3 is 2.76 bits per heavy atom. The van der Waals surface area contributed by atoms with E-state index in [0.29, 0.717) is 18.1 Å². The van der Waals surface area contributed by atoms with Gasteiger partial charge in [0.1, 0.15) is 0 Å². The molecule has 94 valence electrons. The molecule has 1 rings (SSSR count). The van der Waals surface area contributed by atoms with Gasteiger partial charge in [-0.3, -0.25) is 0 Å². The summed E-state index contributed by atoms with van der Waals surface area (Å²) in [6, 6.07) is 3.46. The Hall–Kier alpha value is -1.42. The summed E-state index contributed by atoms with van der Waals surface area (Å²) in [5.74, 6) is -0.446. The number of pyridine rings is 1. The molecule has 1 atom stereocenters. The highest BCUT2D eigenvalue weighted by molar-refractivity contribution is 5.86. The van der Waals surface area contributed by atoms with Crippen molar-refractivity contribution < 1.29 is 14.6 Å². The molecule has 0 amide bonds. The number of carbonyl (C=O) groups is 1. The molecule has 0 aliphatic rings. The number of aromatic carboxylic acids is 1. The Balaban J connectivity index is 2.60. The first-order valence-electron chi connectivity index (χ1n) is 5.79. The van der Waals surface area contributed by atoms with E-state index in [4.69, 9.17) is 9.84 Å². The number of hydrogen-bond donors (Lipinski definition) is 1. The fourth-order valence-electron chi connectivity index (χ4n) is 1.71. The first-order chi connectivity index (χ1) is 8.00. The summed E-state index contributed by atoms with van der Waals surface area (Å²) in [4.78, 5) is 14.8. The monoisotopic (exact) mass is 237 g/mol. The van der Waals surface area contributed by atoms with Crippen LogP contribution in [0.2, 0.25) is 0 Å². The highest BCUT2D eigenvalue weighted by atomic mass is 16.5. The molecule has 0 bridgehead atoms. The van der Waals surface area contributed by atoms with Crippen molar-refractivity contribution in [2.75, 3.05) is 0 Å². The van der Waals surface area contributed by atoms with Gasteiger partial charge >= 0.3 is 5.97 Å². The summed E-state index contributed by atoms with van der Waals surface area (Å²) in [5, 5.41) is 8.96. The van der Waals surface area contributed by atoms with Crippen LogP contribution in [0.15, 0.2) is 18.3 Å². The lowest BCUT2D eigenvalue weighted by Crippen LogP contribution is -2.13. The van der Waals surface area contributed by atoms with Crippen molar-refractivity contribution in [3.05, 3.63) is 29.6 Å². The van der Waals surface area contributed by atoms with E-state index in [-0.39, 0.29) is 11.8 Å². The Labute approximate surface area is 102 Å². The highest BCUT2D eigenvalue weighted by Crippen LogP contribution is 2.12. The molecule has 1 aromatic heterocycles. The number of aromatic nitrogens is 1. The third-order valence-corrected chi connectivity index (χ3v) is 2.42. The first kappa shape index (κ1) is 13.6. The van der Waals surface area contributed by atoms with E-state index in [1.807, 2.05) is 6.92 Å². The molecule has 1 N–H and O–H groups in total. The summed E-state index contributed by atoms with van der Waals surface area (Å²) >= 11 is 0. The standard InChI is InChI=1S/C13H19NO3/c1-9(2)7-10(3)17-8-11-5-4-6-14-12(11)13(15)16/h4-6,9-10H,7-8H2,1-3H3,(H,15,16). The van der Waals surface area contributed by atoms with Gasteiger partial charge in [-0.2, -0.15) is 0 Å². The zero-order chi connectivity index (χ0) is 12.8. The van der Waals surface area contributed by atoms with Crippen molar-refractivity contribution in [2.24, 2.45) is 5.92 Å². The molecule has 0 saturated heterocycles. The predicted octanol–water partition coefficient (Wildman–Crippen LogP) is 2.73. The molecule has 0 aliphatic heterocycles. The van der Waals surface area contributed by atoms with Crippen molar-refractivity contribution in [3.63, 3.8) is 0 Å². The lowest BCUT2D eigenvalue weighted by molar-refractivity contribution is 0.0381. The third-order valence-electron chi connectivity index (χ3n) is 2.42. The topological polar surface area (TPSA) is 59.4 Å². The van der Waals surface area contributed by atoms with Crippen LogP contribution in [0.25, 0.3) is 0 Å². The molecule has 0 fully saturated rings. The number of rotatable bonds is 6. The van der Waals surface area contributed by atoms with Crippen LogP contribution < -0.4 is 0 Å². The maximum absolute atomic E-state index is 10.9. The molecule has 4 nitrogen and oxygen atoms in total. The average Bonchev–Trinajstić information content (AvgIpc) is 2.25. The molecule has 0 radical (unpaired) electrons. The summed E-state index contributed by atoms with van der Waals surface area (Å²) in [7, 11) is 0. The fourth-order valence-corrected chi connectivity index (χ4v) is 1.71. The summed E-state index contributed by atoms with van der Waals surface area (Å²) < 4.78 is 5.63. The van der Waals surface area contributed by atoms with Gasteiger partial charge in [0.2, 0.25) is 0 Å². The quantitative estimate of drug-likeness (QED) is 0.826. The Kier molecular flexibility index (Phi) is 5.10. The van der Waals surface area contributed by atoms with E-state index in [9.17, 15) is 4.79 Å². The first-order valence-corrected chi connectivity index (χ1v) is 5.79. The highest BCUT2D eigenvalue weighted by Gasteiger charge is 2.12. The summed E-state index contributed by atoms with van der Waals surface area (Å²) in [5.41, 5.74) is 0.694. The van der Waals surface area contributed by atoms with Crippen LogP contribution in [0, 0.1) is 5.92 Å². The fraction of sp³-hybridized carbons (Fsp3) is 0.538. The third kappa shape index (κ3) is 4.53. The number of carboxylic acid groups (broad SMARTS) is 1. The van der Waals surface area contributed by atoms with Crippen LogP contribution >= 0.6 is 0 Å². The molecule has 0 aliphatic carbocycles. The average molecular weight is 237 g/mol. The second-order valence-electron chi connectivity index (χ2n) is 4.57. The largest absolute Gasteiger partial charge is 0.477 e. The molecule has 1 heterocycles. The molecule has 0 saturated carbocycles. The van der Waals surface area contributed by atoms with Gasteiger partial charge in [-0.25, -0.2) is 9.78 Å². The lowest BCUT2D eigenvalue weighted by Gasteiger charge is -2.15. The normalized spacial score (nSPS) is 12.7. The van der Waals surface area contributed by atoms with E-state index < -0.39 is 5.97 Å². The van der Waals surface area contributed by atoms with Gasteiger partial charge in [0.25, 0.3) is 0 Å². The van der Waals surface area contributed by atoms with Gasteiger partial charge in [0, 0.05) is 11.8 Å². The Bertz CT molecular complexity index is 377. The van der Waals surface area contributed by atoms with Crippen LogP contribution in [0.4, 0.5) is 0 Å². The van der Waals surface area contributed by atoms with Gasteiger partial charge in [0.15, 0.2) is 5.69 Å². The zero-order valence-electron chi connectivity index (χ0n) is 10.5. The Morgan fingerprint density at radius 2 is 2.18 bits per heavy atom. The zero-order valence-corrected chi connectivity index (χ0v) is 10.5. The number of hydrogen-bond acceptors (Lipinski definition) is 3. The van der Waals surface area contributed by atoms with Crippen LogP contribution in [-0.2, 0) is 11.3 Å². The van der Waals surface area contributed by atoms with Crippen LogP contribution in [0.3, 0.4) is 0 Å². The second kappa shape index (κ2) is 6.35. The molecular formula is C13H19NO3. The molecule has 0 aromatic carbocycles. The van der Waals surface area contributed by atoms with E-state index in [0.717, 1.165) is 6.42 Å². The summed E-state index contributed by atoms with van der Waals surface area (Å²) in [6.45, 7) is 6.55. The molecule has 0 spiro atoms. The minimum atomic E-state index is -1.01. The van der Waals surface area contributed by atoms with Gasteiger partial charge in [-0.15, -0.1) is 0 Å². The van der Waals surface area contributed by atoms with Crippen LogP contribution in [-0.4, -0.2) is 22.2 Å². The molecule has 17 heavy (non-hydrogen) atoms. The van der Waals surface area contributed by atoms with Gasteiger partial charge in [-0.05, 0) is 25.3 Å². The maximum atomic E-state index is 10.9. The van der Waals surface area contributed by atoms with E-state index in [1.165, 1.54) is 6.20 Å².